The van der Waals surface area contributed by atoms with Crippen LogP contribution in [0.4, 0.5) is 11.4 Å². The molecule has 2 rings (SSSR count). The van der Waals surface area contributed by atoms with Crippen molar-refractivity contribution in [2.45, 2.75) is 0 Å². The van der Waals surface area contributed by atoms with Gasteiger partial charge in [0.05, 0.1) is 31.1 Å². The zero-order valence-corrected chi connectivity index (χ0v) is 14.6. The Morgan fingerprint density at radius 2 is 1.92 bits per heavy atom. The van der Waals surface area contributed by atoms with Gasteiger partial charge < -0.3 is 20.0 Å². The van der Waals surface area contributed by atoms with E-state index in [4.69, 9.17) is 12.2 Å². The predicted molar refractivity (Wildman–Crippen MR) is 95.1 cm³/mol. The van der Waals surface area contributed by atoms with Gasteiger partial charge in [-0.1, -0.05) is 0 Å². The molecule has 0 unspecified atom stereocenters. The topological polar surface area (TPSA) is 83.2 Å². The summed E-state index contributed by atoms with van der Waals surface area (Å²) in [5, 5.41) is 14.4. The molecule has 8 nitrogen and oxygen atoms in total. The quantitative estimate of drug-likeness (QED) is 0.435. The van der Waals surface area contributed by atoms with Crippen LogP contribution in [0.15, 0.2) is 24.3 Å². The van der Waals surface area contributed by atoms with E-state index >= 15 is 0 Å². The normalized spacial score (nSPS) is 15.0. The second-order valence-electron chi connectivity index (χ2n) is 5.94. The van der Waals surface area contributed by atoms with E-state index in [2.05, 4.69) is 10.2 Å². The number of amides is 1. The fourth-order valence-electron chi connectivity index (χ4n) is 2.44. The van der Waals surface area contributed by atoms with Crippen molar-refractivity contribution < 1.29 is 14.6 Å². The van der Waals surface area contributed by atoms with Crippen LogP contribution >= 0.6 is 12.2 Å². The average molecular weight is 352 g/mol. The number of rotatable bonds is 4. The number of nitrogens with zero attached hydrogens (tertiary/aromatic N) is 3. The van der Waals surface area contributed by atoms with Crippen molar-refractivity contribution in [3.05, 3.63) is 34.4 Å². The molecule has 0 aliphatic carbocycles. The van der Waals surface area contributed by atoms with Crippen LogP contribution in [0.1, 0.15) is 0 Å². The van der Waals surface area contributed by atoms with Crippen molar-refractivity contribution in [1.82, 2.24) is 9.80 Å². The van der Waals surface area contributed by atoms with Gasteiger partial charge in [0.15, 0.2) is 11.7 Å². The fraction of sp³-hybridized carbons (Fsp3) is 0.467. The predicted octanol–water partition coefficient (Wildman–Crippen LogP) is -0.420. The summed E-state index contributed by atoms with van der Waals surface area (Å²) in [5.41, 5.74) is 0.775. The van der Waals surface area contributed by atoms with Crippen LogP contribution in [0.25, 0.3) is 0 Å². The van der Waals surface area contributed by atoms with Gasteiger partial charge in [0.1, 0.15) is 0 Å². The van der Waals surface area contributed by atoms with Crippen molar-refractivity contribution in [3.63, 3.8) is 0 Å². The van der Waals surface area contributed by atoms with E-state index in [0.29, 0.717) is 11.7 Å². The largest absolute Gasteiger partial charge is 0.344 e. The van der Waals surface area contributed by atoms with E-state index in [-0.39, 0.29) is 11.6 Å². The van der Waals surface area contributed by atoms with Gasteiger partial charge in [0, 0.05) is 31.9 Å². The molecule has 1 fully saturated rings. The number of benzene rings is 1. The summed E-state index contributed by atoms with van der Waals surface area (Å²) >= 11 is 5.40. The van der Waals surface area contributed by atoms with Crippen molar-refractivity contribution in [2.24, 2.45) is 0 Å². The van der Waals surface area contributed by atoms with Gasteiger partial charge in [0.2, 0.25) is 0 Å². The third kappa shape index (κ3) is 4.87. The molecule has 1 aromatic carbocycles. The molecular weight excluding hydrogens is 330 g/mol. The van der Waals surface area contributed by atoms with Crippen LogP contribution in [-0.4, -0.2) is 72.6 Å². The first-order valence-electron chi connectivity index (χ1n) is 7.71. The highest BCUT2D eigenvalue weighted by Gasteiger charge is 2.24. The number of anilines is 1. The highest BCUT2D eigenvalue weighted by molar-refractivity contribution is 7.80. The molecule has 1 aromatic rings. The van der Waals surface area contributed by atoms with E-state index in [9.17, 15) is 14.9 Å². The molecule has 24 heavy (non-hydrogen) atoms. The number of quaternary nitrogens is 1. The average Bonchev–Trinajstić information content (AvgIpc) is 2.55. The summed E-state index contributed by atoms with van der Waals surface area (Å²) < 4.78 is 0. The Hall–Kier alpha value is -2.26. The van der Waals surface area contributed by atoms with Crippen molar-refractivity contribution in [3.8, 4) is 0 Å². The van der Waals surface area contributed by atoms with Gasteiger partial charge >= 0.3 is 0 Å². The molecule has 1 aliphatic rings. The van der Waals surface area contributed by atoms with E-state index in [1.165, 1.54) is 17.0 Å². The Bertz CT molecular complexity index is 612. The minimum atomic E-state index is -0.431. The molecule has 0 spiro atoms. The van der Waals surface area contributed by atoms with Crippen LogP contribution in [0.5, 0.6) is 0 Å². The van der Waals surface area contributed by atoms with Crippen LogP contribution in [0.3, 0.4) is 0 Å². The first kappa shape index (κ1) is 18.1. The zero-order valence-electron chi connectivity index (χ0n) is 13.8. The number of likely N-dealkylation sites (N-methyl/N-ethyl adjacent to an activating group) is 1. The fourth-order valence-corrected chi connectivity index (χ4v) is 2.74. The number of carbonyl (C=O) groups is 1. The Morgan fingerprint density at radius 1 is 1.33 bits per heavy atom. The standard InChI is InChI=1S/C15H21N5O3S/c1-17(2)14(21)11-18-7-9-19(10-8-18)15(24)16-12-3-5-13(6-4-12)20(22)23/h3-6H,7-11H2,1-2H3,(H,16,24)/p+1. The highest BCUT2D eigenvalue weighted by Crippen LogP contribution is 2.15. The number of piperazine rings is 1. The third-order valence-electron chi connectivity index (χ3n) is 3.99. The maximum Gasteiger partial charge on any atom is 0.277 e. The maximum absolute atomic E-state index is 11.7. The number of nitro groups is 1. The maximum atomic E-state index is 11.7. The van der Waals surface area contributed by atoms with Crippen LogP contribution in [0.2, 0.25) is 0 Å². The lowest BCUT2D eigenvalue weighted by Gasteiger charge is -2.33. The smallest absolute Gasteiger partial charge is 0.277 e. The number of nitro benzene ring substituents is 1. The molecule has 1 amide bonds. The number of nitrogens with one attached hydrogen (secondary N) is 2. The number of hydrogen-bond donors (Lipinski definition) is 2. The van der Waals surface area contributed by atoms with Gasteiger partial charge in [-0.25, -0.2) is 0 Å². The van der Waals surface area contributed by atoms with Crippen LogP contribution in [-0.2, 0) is 4.79 Å². The van der Waals surface area contributed by atoms with E-state index in [1.54, 1.807) is 31.1 Å². The first-order valence-corrected chi connectivity index (χ1v) is 8.11. The van der Waals surface area contributed by atoms with Crippen LogP contribution < -0.4 is 10.2 Å². The van der Waals surface area contributed by atoms with Gasteiger partial charge in [-0.05, 0) is 24.4 Å². The van der Waals surface area contributed by atoms with Gasteiger partial charge in [0.25, 0.3) is 11.6 Å². The highest BCUT2D eigenvalue weighted by atomic mass is 32.1. The molecule has 0 saturated carbocycles. The third-order valence-corrected chi connectivity index (χ3v) is 4.35. The minimum absolute atomic E-state index is 0.0502. The van der Waals surface area contributed by atoms with E-state index in [1.807, 2.05) is 0 Å². The summed E-state index contributed by atoms with van der Waals surface area (Å²) in [6, 6.07) is 6.17. The summed E-state index contributed by atoms with van der Waals surface area (Å²) in [6.07, 6.45) is 0. The number of thiocarbonyl (C=S) groups is 1. The Kier molecular flexibility index (Phi) is 6.04. The molecule has 0 bridgehead atoms. The SMILES string of the molecule is CN(C)C(=O)C[NH+]1CCN(C(=S)Nc2ccc([N+](=O)[O-])cc2)CC1. The minimum Gasteiger partial charge on any atom is -0.344 e. The Balaban J connectivity index is 1.82. The lowest BCUT2D eigenvalue weighted by molar-refractivity contribution is -0.896. The van der Waals surface area contributed by atoms with E-state index < -0.39 is 4.92 Å². The molecule has 1 saturated heterocycles. The zero-order chi connectivity index (χ0) is 17.7. The van der Waals surface area contributed by atoms with Crippen molar-refractivity contribution in [2.75, 3.05) is 52.1 Å². The summed E-state index contributed by atoms with van der Waals surface area (Å²) in [4.78, 5) is 26.9. The second kappa shape index (κ2) is 8.02. The monoisotopic (exact) mass is 352 g/mol. The van der Waals surface area contributed by atoms with Crippen molar-refractivity contribution in [1.29, 1.82) is 0 Å². The second-order valence-corrected chi connectivity index (χ2v) is 6.32. The first-order chi connectivity index (χ1) is 11.4. The lowest BCUT2D eigenvalue weighted by atomic mass is 10.3. The number of hydrogen-bond acceptors (Lipinski definition) is 4. The summed E-state index contributed by atoms with van der Waals surface area (Å²) in [6.45, 7) is 3.75. The van der Waals surface area contributed by atoms with Gasteiger partial charge in [-0.2, -0.15) is 0 Å². The van der Waals surface area contributed by atoms with E-state index in [0.717, 1.165) is 31.9 Å². The Morgan fingerprint density at radius 3 is 2.42 bits per heavy atom. The number of non-ortho nitro benzene ring substituents is 1. The molecule has 130 valence electrons. The van der Waals surface area contributed by atoms with Gasteiger partial charge in [-0.15, -0.1) is 0 Å². The molecule has 1 aliphatic heterocycles. The van der Waals surface area contributed by atoms with Crippen molar-refractivity contribution >= 4 is 34.6 Å². The van der Waals surface area contributed by atoms with Crippen LogP contribution in [0, 0.1) is 10.1 Å². The lowest BCUT2D eigenvalue weighted by Crippen LogP contribution is -3.15. The molecule has 0 aromatic heterocycles. The molecule has 1 heterocycles. The molecule has 2 N–H and O–H groups in total. The summed E-state index contributed by atoms with van der Waals surface area (Å²) in [7, 11) is 3.53. The Labute approximate surface area is 146 Å². The summed E-state index contributed by atoms with van der Waals surface area (Å²) in [5.74, 6) is 0.130. The number of carbonyl (C=O) groups excluding carboxylic acids is 1. The molecule has 0 atom stereocenters. The van der Waals surface area contributed by atoms with Gasteiger partial charge in [-0.3, -0.25) is 14.9 Å². The molecular formula is C15H22N5O3S+. The molecule has 9 heteroatoms. The molecule has 0 radical (unpaired) electrons.